The van der Waals surface area contributed by atoms with Crippen molar-refractivity contribution in [1.29, 1.82) is 0 Å². The number of hydrogen-bond acceptors (Lipinski definition) is 2. The van der Waals surface area contributed by atoms with Gasteiger partial charge in [-0.2, -0.15) is 0 Å². The van der Waals surface area contributed by atoms with Gasteiger partial charge in [0.15, 0.2) is 0 Å². The Hall–Kier alpha value is -0.390. The van der Waals surface area contributed by atoms with Gasteiger partial charge in [-0.15, -0.1) is 0 Å². The van der Waals surface area contributed by atoms with Crippen molar-refractivity contribution < 1.29 is 0 Å². The van der Waals surface area contributed by atoms with Crippen LogP contribution >= 0.6 is 22.6 Å². The van der Waals surface area contributed by atoms with Crippen LogP contribution in [0.25, 0.3) is 0 Å². The maximum atomic E-state index is 11.6. The molecule has 0 radical (unpaired) electrons. The molecular weight excluding hydrogens is 291 g/mol. The van der Waals surface area contributed by atoms with Crippen LogP contribution in [0.2, 0.25) is 0 Å². The van der Waals surface area contributed by atoms with Gasteiger partial charge in [0, 0.05) is 12.7 Å². The second-order valence-corrected chi connectivity index (χ2v) is 4.99. The molecule has 1 saturated carbocycles. The third kappa shape index (κ3) is 2.16. The Morgan fingerprint density at radius 3 is 3.00 bits per heavy atom. The summed E-state index contributed by atoms with van der Waals surface area (Å²) < 4.78 is 2.43. The van der Waals surface area contributed by atoms with E-state index in [1.807, 2.05) is 22.6 Å². The van der Waals surface area contributed by atoms with Gasteiger partial charge >= 0.3 is 0 Å². The molecule has 14 heavy (non-hydrogen) atoms. The van der Waals surface area contributed by atoms with Crippen molar-refractivity contribution in [2.75, 3.05) is 0 Å². The Morgan fingerprint density at radius 1 is 1.57 bits per heavy atom. The highest BCUT2D eigenvalue weighted by Gasteiger charge is 2.17. The lowest BCUT2D eigenvalue weighted by Gasteiger charge is -2.25. The van der Waals surface area contributed by atoms with E-state index in [4.69, 9.17) is 0 Å². The molecule has 0 N–H and O–H groups in total. The van der Waals surface area contributed by atoms with Crippen LogP contribution in [0.5, 0.6) is 0 Å². The Bertz CT molecular complexity index is 371. The molecule has 1 aliphatic rings. The topological polar surface area (TPSA) is 34.9 Å². The molecule has 1 fully saturated rings. The molecule has 0 aliphatic heterocycles. The van der Waals surface area contributed by atoms with Crippen molar-refractivity contribution in [3.8, 4) is 0 Å². The Balaban J connectivity index is 2.01. The van der Waals surface area contributed by atoms with Crippen molar-refractivity contribution in [2.45, 2.75) is 32.2 Å². The minimum absolute atomic E-state index is 0.0972. The van der Waals surface area contributed by atoms with Gasteiger partial charge in [-0.3, -0.25) is 9.36 Å². The number of halogens is 1. The predicted octanol–water partition coefficient (Wildman–Crippen LogP) is 2.04. The molecule has 2 rings (SSSR count). The van der Waals surface area contributed by atoms with Gasteiger partial charge in [-0.1, -0.05) is 19.3 Å². The summed E-state index contributed by atoms with van der Waals surface area (Å²) >= 11 is 2.03. The zero-order chi connectivity index (χ0) is 9.97. The van der Waals surface area contributed by atoms with Gasteiger partial charge < -0.3 is 0 Å². The molecule has 1 aliphatic carbocycles. The minimum atomic E-state index is 0.0972. The summed E-state index contributed by atoms with van der Waals surface area (Å²) in [5.74, 6) is 0.847. The third-order valence-electron chi connectivity index (χ3n) is 2.86. The second-order valence-electron chi connectivity index (χ2n) is 3.83. The Kier molecular flexibility index (Phi) is 3.20. The van der Waals surface area contributed by atoms with Crippen LogP contribution in [0.4, 0.5) is 0 Å². The summed E-state index contributed by atoms with van der Waals surface area (Å²) in [7, 11) is 0. The molecule has 0 aromatic carbocycles. The zero-order valence-electron chi connectivity index (χ0n) is 7.95. The summed E-state index contributed by atoms with van der Waals surface area (Å²) in [5, 5.41) is 0. The van der Waals surface area contributed by atoms with E-state index in [0.717, 1.165) is 18.9 Å². The quantitative estimate of drug-likeness (QED) is 0.801. The molecule has 0 amide bonds. The molecule has 0 unspecified atom stereocenters. The molecule has 0 bridgehead atoms. The maximum Gasteiger partial charge on any atom is 0.266 e. The molecule has 3 nitrogen and oxygen atoms in total. The van der Waals surface area contributed by atoms with E-state index in [-0.39, 0.29) is 5.56 Å². The first kappa shape index (κ1) is 10.1. The highest BCUT2D eigenvalue weighted by molar-refractivity contribution is 14.1. The molecule has 1 aromatic heterocycles. The van der Waals surface area contributed by atoms with Crippen LogP contribution in [0.1, 0.15) is 25.7 Å². The van der Waals surface area contributed by atoms with Crippen molar-refractivity contribution in [3.63, 3.8) is 0 Å². The molecule has 0 saturated heterocycles. The molecule has 0 atom stereocenters. The lowest BCUT2D eigenvalue weighted by molar-refractivity contribution is 0.280. The average molecular weight is 304 g/mol. The SMILES string of the molecule is O=c1c(I)cncn1CCC1CCC1. The fourth-order valence-corrected chi connectivity index (χ4v) is 2.16. The van der Waals surface area contributed by atoms with E-state index in [2.05, 4.69) is 4.98 Å². The molecule has 76 valence electrons. The fraction of sp³-hybridized carbons (Fsp3) is 0.600. The summed E-state index contributed by atoms with van der Waals surface area (Å²) in [6.07, 6.45) is 8.43. The number of hydrogen-bond donors (Lipinski definition) is 0. The number of rotatable bonds is 3. The van der Waals surface area contributed by atoms with Crippen LogP contribution in [-0.2, 0) is 6.54 Å². The first-order valence-electron chi connectivity index (χ1n) is 4.97. The highest BCUT2D eigenvalue weighted by atomic mass is 127. The van der Waals surface area contributed by atoms with E-state index in [0.29, 0.717) is 3.57 Å². The number of aryl methyl sites for hydroxylation is 1. The van der Waals surface area contributed by atoms with Gasteiger partial charge in [0.25, 0.3) is 5.56 Å². The maximum absolute atomic E-state index is 11.6. The monoisotopic (exact) mass is 304 g/mol. The smallest absolute Gasteiger partial charge is 0.266 e. The lowest BCUT2D eigenvalue weighted by atomic mass is 9.83. The van der Waals surface area contributed by atoms with Gasteiger partial charge in [0.1, 0.15) is 0 Å². The minimum Gasteiger partial charge on any atom is -0.298 e. The van der Waals surface area contributed by atoms with E-state index in [9.17, 15) is 4.79 Å². The second kappa shape index (κ2) is 4.42. The van der Waals surface area contributed by atoms with Crippen molar-refractivity contribution in [1.82, 2.24) is 9.55 Å². The summed E-state index contributed by atoms with van der Waals surface area (Å²) in [5.41, 5.74) is 0.0972. The fourth-order valence-electron chi connectivity index (χ4n) is 1.69. The van der Waals surface area contributed by atoms with Crippen LogP contribution in [0.3, 0.4) is 0 Å². The molecule has 1 aromatic rings. The van der Waals surface area contributed by atoms with E-state index >= 15 is 0 Å². The first-order valence-corrected chi connectivity index (χ1v) is 6.05. The van der Waals surface area contributed by atoms with Crippen LogP contribution in [-0.4, -0.2) is 9.55 Å². The van der Waals surface area contributed by atoms with Crippen LogP contribution in [0, 0.1) is 9.49 Å². The summed E-state index contributed by atoms with van der Waals surface area (Å²) in [4.78, 5) is 15.6. The van der Waals surface area contributed by atoms with E-state index in [1.165, 1.54) is 19.3 Å². The van der Waals surface area contributed by atoms with Crippen molar-refractivity contribution in [3.05, 3.63) is 26.4 Å². The third-order valence-corrected chi connectivity index (χ3v) is 3.60. The van der Waals surface area contributed by atoms with E-state index in [1.54, 1.807) is 17.1 Å². The number of nitrogens with zero attached hydrogens (tertiary/aromatic N) is 2. The van der Waals surface area contributed by atoms with E-state index < -0.39 is 0 Å². The molecule has 1 heterocycles. The standard InChI is InChI=1S/C10H13IN2O/c11-9-6-12-7-13(10(9)14)5-4-8-2-1-3-8/h6-8H,1-5H2. The zero-order valence-corrected chi connectivity index (χ0v) is 10.1. The number of aromatic nitrogens is 2. The molecule has 0 spiro atoms. The molecular formula is C10H13IN2O. The average Bonchev–Trinajstić information content (AvgIpc) is 2.09. The normalized spacial score (nSPS) is 16.6. The van der Waals surface area contributed by atoms with Gasteiger partial charge in [0.2, 0.25) is 0 Å². The first-order chi connectivity index (χ1) is 6.77. The highest BCUT2D eigenvalue weighted by Crippen LogP contribution is 2.29. The largest absolute Gasteiger partial charge is 0.298 e. The lowest BCUT2D eigenvalue weighted by Crippen LogP contribution is -2.24. The predicted molar refractivity (Wildman–Crippen MR) is 63.2 cm³/mol. The van der Waals surface area contributed by atoms with Gasteiger partial charge in [-0.25, -0.2) is 4.98 Å². The van der Waals surface area contributed by atoms with Crippen molar-refractivity contribution in [2.24, 2.45) is 5.92 Å². The van der Waals surface area contributed by atoms with Crippen molar-refractivity contribution >= 4 is 22.6 Å². The van der Waals surface area contributed by atoms with Gasteiger partial charge in [-0.05, 0) is 34.9 Å². The summed E-state index contributed by atoms with van der Waals surface area (Å²) in [6, 6.07) is 0. The van der Waals surface area contributed by atoms with Crippen LogP contribution in [0.15, 0.2) is 17.3 Å². The molecule has 4 heteroatoms. The van der Waals surface area contributed by atoms with Crippen LogP contribution < -0.4 is 5.56 Å². The Morgan fingerprint density at radius 2 is 2.36 bits per heavy atom. The van der Waals surface area contributed by atoms with Gasteiger partial charge in [0.05, 0.1) is 9.90 Å². The Labute approximate surface area is 96.7 Å². The summed E-state index contributed by atoms with van der Waals surface area (Å²) in [6.45, 7) is 0.827.